The molecule has 0 aliphatic carbocycles. The molecule has 7 heteroatoms. The Kier molecular flexibility index (Phi) is 7.87. The first-order chi connectivity index (χ1) is 13.4. The molecule has 1 N–H and O–H groups in total. The second-order valence-corrected chi connectivity index (χ2v) is 8.47. The van der Waals surface area contributed by atoms with Crippen molar-refractivity contribution in [3.63, 3.8) is 0 Å². The van der Waals surface area contributed by atoms with E-state index in [4.69, 9.17) is 4.74 Å². The zero-order valence-corrected chi connectivity index (χ0v) is 17.5. The van der Waals surface area contributed by atoms with Gasteiger partial charge in [0.05, 0.1) is 18.6 Å². The number of aryl methyl sites for hydroxylation is 1. The van der Waals surface area contributed by atoms with Crippen LogP contribution in [0.4, 0.5) is 5.69 Å². The summed E-state index contributed by atoms with van der Waals surface area (Å²) in [6, 6.07) is 14.5. The summed E-state index contributed by atoms with van der Waals surface area (Å²) in [5, 5.41) is 2.90. The van der Waals surface area contributed by atoms with Gasteiger partial charge in [-0.2, -0.15) is 0 Å². The van der Waals surface area contributed by atoms with E-state index in [0.717, 1.165) is 24.2 Å². The molecule has 6 nitrogen and oxygen atoms in total. The van der Waals surface area contributed by atoms with Gasteiger partial charge in [-0.3, -0.25) is 9.10 Å². The number of nitrogens with one attached hydrogen (secondary N) is 1. The lowest BCUT2D eigenvalue weighted by molar-refractivity contribution is 0.0953. The van der Waals surface area contributed by atoms with Gasteiger partial charge in [-0.25, -0.2) is 8.42 Å². The molecule has 0 saturated carbocycles. The van der Waals surface area contributed by atoms with E-state index in [0.29, 0.717) is 24.3 Å². The van der Waals surface area contributed by atoms with Crippen molar-refractivity contribution in [3.8, 4) is 5.75 Å². The third kappa shape index (κ3) is 5.48. The molecule has 0 unspecified atom stereocenters. The van der Waals surface area contributed by atoms with Crippen LogP contribution in [-0.4, -0.2) is 40.3 Å². The Morgan fingerprint density at radius 1 is 1.07 bits per heavy atom. The molecule has 2 rings (SSSR count). The number of carbonyl (C=O) groups is 1. The molecular formula is C21H28N2O4S. The fraction of sp³-hybridized carbons (Fsp3) is 0.381. The number of sulfonamides is 1. The number of hydrogen-bond acceptors (Lipinski definition) is 4. The molecule has 0 aromatic heterocycles. The molecule has 152 valence electrons. The maximum atomic E-state index is 12.3. The molecule has 0 atom stereocenters. The number of amides is 1. The normalized spacial score (nSPS) is 11.1. The third-order valence-electron chi connectivity index (χ3n) is 4.51. The molecule has 0 spiro atoms. The predicted molar refractivity (Wildman–Crippen MR) is 113 cm³/mol. The van der Waals surface area contributed by atoms with Gasteiger partial charge in [0.1, 0.15) is 5.75 Å². The van der Waals surface area contributed by atoms with Crippen LogP contribution < -0.4 is 14.4 Å². The summed E-state index contributed by atoms with van der Waals surface area (Å²) in [4.78, 5) is 12.3. The number of carbonyl (C=O) groups excluding carboxylic acids is 1. The lowest BCUT2D eigenvalue weighted by Gasteiger charge is -2.22. The first kappa shape index (κ1) is 21.8. The maximum absolute atomic E-state index is 12.3. The number of anilines is 1. The van der Waals surface area contributed by atoms with E-state index in [9.17, 15) is 13.2 Å². The summed E-state index contributed by atoms with van der Waals surface area (Å²) >= 11 is 0. The van der Waals surface area contributed by atoms with E-state index in [1.54, 1.807) is 45.2 Å². The minimum Gasteiger partial charge on any atom is -0.496 e. The molecule has 0 fully saturated rings. The topological polar surface area (TPSA) is 75.7 Å². The summed E-state index contributed by atoms with van der Waals surface area (Å²) in [7, 11) is -1.68. The Hall–Kier alpha value is -2.54. The summed E-state index contributed by atoms with van der Waals surface area (Å²) in [6.07, 6.45) is 1.60. The van der Waals surface area contributed by atoms with Crippen molar-refractivity contribution in [2.75, 3.05) is 30.3 Å². The van der Waals surface area contributed by atoms with Crippen LogP contribution in [0, 0.1) is 0 Å². The number of ether oxygens (including phenoxy) is 1. The van der Waals surface area contributed by atoms with Crippen molar-refractivity contribution in [3.05, 3.63) is 59.7 Å². The average Bonchev–Trinajstić information content (AvgIpc) is 2.72. The predicted octanol–water partition coefficient (Wildman–Crippen LogP) is 3.23. The van der Waals surface area contributed by atoms with E-state index in [1.807, 2.05) is 24.3 Å². The molecule has 1 amide bonds. The first-order valence-electron chi connectivity index (χ1n) is 9.43. The highest BCUT2D eigenvalue weighted by atomic mass is 32.2. The summed E-state index contributed by atoms with van der Waals surface area (Å²) in [5.74, 6) is 0.717. The molecule has 0 heterocycles. The van der Waals surface area contributed by atoms with Gasteiger partial charge in [-0.05, 0) is 62.6 Å². The van der Waals surface area contributed by atoms with Crippen LogP contribution in [0.25, 0.3) is 0 Å². The smallest absolute Gasteiger partial charge is 0.251 e. The molecular weight excluding hydrogens is 376 g/mol. The summed E-state index contributed by atoms with van der Waals surface area (Å²) in [6.45, 7) is 4.30. The lowest BCUT2D eigenvalue weighted by Crippen LogP contribution is -2.32. The SMILES string of the molecule is CCN(c1ccc(C(=O)NCCCc2ccccc2OC)cc1)S(=O)(=O)CC. The number of hydrogen-bond donors (Lipinski definition) is 1. The number of rotatable bonds is 10. The van der Waals surface area contributed by atoms with Crippen LogP contribution in [0.1, 0.15) is 36.2 Å². The van der Waals surface area contributed by atoms with Crippen molar-refractivity contribution in [1.82, 2.24) is 5.32 Å². The third-order valence-corrected chi connectivity index (χ3v) is 6.38. The van der Waals surface area contributed by atoms with Crippen LogP contribution >= 0.6 is 0 Å². The van der Waals surface area contributed by atoms with E-state index < -0.39 is 10.0 Å². The zero-order chi connectivity index (χ0) is 20.6. The lowest BCUT2D eigenvalue weighted by atomic mass is 10.1. The standard InChI is InChI=1S/C21H28N2O4S/c1-4-23(28(25,26)5-2)19-14-12-18(13-15-19)21(24)22-16-8-10-17-9-6-7-11-20(17)27-3/h6-7,9,11-15H,4-5,8,10,16H2,1-3H3,(H,22,24). The highest BCUT2D eigenvalue weighted by Crippen LogP contribution is 2.20. The minimum absolute atomic E-state index is 0.0370. The molecule has 2 aromatic carbocycles. The van der Waals surface area contributed by atoms with Gasteiger partial charge >= 0.3 is 0 Å². The van der Waals surface area contributed by atoms with Crippen LogP contribution in [0.2, 0.25) is 0 Å². The largest absolute Gasteiger partial charge is 0.496 e. The fourth-order valence-electron chi connectivity index (χ4n) is 2.97. The fourth-order valence-corrected chi connectivity index (χ4v) is 4.12. The first-order valence-corrected chi connectivity index (χ1v) is 11.0. The van der Waals surface area contributed by atoms with E-state index in [1.165, 1.54) is 4.31 Å². The van der Waals surface area contributed by atoms with Crippen molar-refractivity contribution < 1.29 is 17.9 Å². The van der Waals surface area contributed by atoms with Gasteiger partial charge in [-0.15, -0.1) is 0 Å². The quantitative estimate of drug-likeness (QED) is 0.617. The molecule has 2 aromatic rings. The number of para-hydroxylation sites is 1. The van der Waals surface area contributed by atoms with E-state index >= 15 is 0 Å². The van der Waals surface area contributed by atoms with Crippen molar-refractivity contribution in [1.29, 1.82) is 0 Å². The Labute approximate surface area is 167 Å². The summed E-state index contributed by atoms with van der Waals surface area (Å²) in [5.41, 5.74) is 2.18. The van der Waals surface area contributed by atoms with Crippen molar-refractivity contribution in [2.45, 2.75) is 26.7 Å². The van der Waals surface area contributed by atoms with Crippen LogP contribution in [0.15, 0.2) is 48.5 Å². The van der Waals surface area contributed by atoms with Crippen LogP contribution in [0.5, 0.6) is 5.75 Å². The molecule has 0 bridgehead atoms. The average molecular weight is 405 g/mol. The number of nitrogens with zero attached hydrogens (tertiary/aromatic N) is 1. The van der Waals surface area contributed by atoms with Gasteiger partial charge in [-0.1, -0.05) is 18.2 Å². The molecule has 0 radical (unpaired) electrons. The maximum Gasteiger partial charge on any atom is 0.251 e. The van der Waals surface area contributed by atoms with E-state index in [2.05, 4.69) is 5.32 Å². The Balaban J connectivity index is 1.91. The highest BCUT2D eigenvalue weighted by Gasteiger charge is 2.18. The van der Waals surface area contributed by atoms with Gasteiger partial charge in [0, 0.05) is 18.7 Å². The Bertz CT molecular complexity index is 880. The Morgan fingerprint density at radius 3 is 2.36 bits per heavy atom. The van der Waals surface area contributed by atoms with Gasteiger partial charge in [0.2, 0.25) is 10.0 Å². The highest BCUT2D eigenvalue weighted by molar-refractivity contribution is 7.92. The van der Waals surface area contributed by atoms with Crippen LogP contribution in [-0.2, 0) is 16.4 Å². The zero-order valence-electron chi connectivity index (χ0n) is 16.6. The second kappa shape index (κ2) is 10.1. The summed E-state index contributed by atoms with van der Waals surface area (Å²) < 4.78 is 30.9. The van der Waals surface area contributed by atoms with Crippen molar-refractivity contribution >= 4 is 21.6 Å². The van der Waals surface area contributed by atoms with E-state index in [-0.39, 0.29) is 11.7 Å². The minimum atomic E-state index is -3.32. The number of methoxy groups -OCH3 is 1. The molecule has 0 saturated heterocycles. The van der Waals surface area contributed by atoms with Gasteiger partial charge < -0.3 is 10.1 Å². The second-order valence-electron chi connectivity index (χ2n) is 6.28. The van der Waals surface area contributed by atoms with Crippen LogP contribution in [0.3, 0.4) is 0 Å². The van der Waals surface area contributed by atoms with Gasteiger partial charge in [0.15, 0.2) is 0 Å². The van der Waals surface area contributed by atoms with Crippen molar-refractivity contribution in [2.24, 2.45) is 0 Å². The molecule has 0 aliphatic heterocycles. The number of benzene rings is 2. The monoisotopic (exact) mass is 404 g/mol. The Morgan fingerprint density at radius 2 is 1.75 bits per heavy atom. The van der Waals surface area contributed by atoms with Gasteiger partial charge in [0.25, 0.3) is 5.91 Å². The molecule has 0 aliphatic rings. The molecule has 28 heavy (non-hydrogen) atoms.